The molecule has 0 bridgehead atoms. The second kappa shape index (κ2) is 5.10. The number of pyridine rings is 1. The number of fused-ring (bicyclic) bond motifs is 1. The van der Waals surface area contributed by atoms with Crippen molar-refractivity contribution < 1.29 is 9.72 Å². The number of aromatic nitrogens is 1. The summed E-state index contributed by atoms with van der Waals surface area (Å²) in [6, 6.07) is 7.47. The monoisotopic (exact) mass is 256 g/mol. The minimum absolute atomic E-state index is 0.111. The number of benzene rings is 1. The van der Waals surface area contributed by atoms with Gasteiger partial charge in [-0.15, -0.1) is 0 Å². The van der Waals surface area contributed by atoms with E-state index < -0.39 is 10.8 Å². The minimum Gasteiger partial charge on any atom is -0.339 e. The van der Waals surface area contributed by atoms with Crippen LogP contribution in [-0.4, -0.2) is 22.4 Å². The van der Waals surface area contributed by atoms with Crippen molar-refractivity contribution in [3.8, 4) is 6.07 Å². The molecule has 0 saturated carbocycles. The molecule has 0 aliphatic carbocycles. The first kappa shape index (κ1) is 12.4. The second-order valence-corrected chi connectivity index (χ2v) is 3.63. The number of nitriles is 1. The Labute approximate surface area is 107 Å². The summed E-state index contributed by atoms with van der Waals surface area (Å²) in [4.78, 5) is 26.2. The van der Waals surface area contributed by atoms with Crippen LogP contribution in [0, 0.1) is 21.4 Å². The van der Waals surface area contributed by atoms with E-state index in [1.165, 1.54) is 24.4 Å². The molecule has 1 heterocycles. The Morgan fingerprint density at radius 3 is 2.95 bits per heavy atom. The smallest absolute Gasteiger partial charge is 0.278 e. The molecule has 19 heavy (non-hydrogen) atoms. The molecular formula is C12H8N4O3. The number of carbonyl (C=O) groups is 1. The number of nitrogens with one attached hydrogen (secondary N) is 1. The zero-order valence-electron chi connectivity index (χ0n) is 9.66. The van der Waals surface area contributed by atoms with Crippen LogP contribution in [0.3, 0.4) is 0 Å². The number of nitro groups is 1. The fraction of sp³-hybridized carbons (Fsp3) is 0.0833. The van der Waals surface area contributed by atoms with E-state index in [-0.39, 0.29) is 28.7 Å². The number of nitro benzene ring substituents is 1. The van der Waals surface area contributed by atoms with Crippen molar-refractivity contribution in [1.82, 2.24) is 10.3 Å². The van der Waals surface area contributed by atoms with E-state index in [0.717, 1.165) is 0 Å². The third kappa shape index (κ3) is 2.32. The molecule has 2 aromatic rings. The van der Waals surface area contributed by atoms with Gasteiger partial charge >= 0.3 is 0 Å². The number of non-ortho nitro benzene ring substituents is 1. The summed E-state index contributed by atoms with van der Waals surface area (Å²) in [6.07, 6.45) is 1.45. The standard InChI is InChI=1S/C12H8N4O3/c13-5-7-15-12(17)9-3-4-10(16(18)19)8-2-1-6-14-11(8)9/h1-4,6H,7H2,(H,15,17). The highest BCUT2D eigenvalue weighted by atomic mass is 16.6. The number of nitrogens with zero attached hydrogens (tertiary/aromatic N) is 3. The molecule has 7 heteroatoms. The predicted octanol–water partition coefficient (Wildman–Crippen LogP) is 1.40. The van der Waals surface area contributed by atoms with Crippen LogP contribution in [0.1, 0.15) is 10.4 Å². The van der Waals surface area contributed by atoms with Crippen molar-refractivity contribution in [2.24, 2.45) is 0 Å². The van der Waals surface area contributed by atoms with Gasteiger partial charge in [-0.3, -0.25) is 19.9 Å². The normalized spacial score (nSPS) is 9.84. The maximum atomic E-state index is 11.8. The number of hydrogen-bond donors (Lipinski definition) is 1. The van der Waals surface area contributed by atoms with Crippen LogP contribution >= 0.6 is 0 Å². The lowest BCUT2D eigenvalue weighted by atomic mass is 10.1. The Hall–Kier alpha value is -3.01. The third-order valence-electron chi connectivity index (χ3n) is 2.52. The summed E-state index contributed by atoms with van der Waals surface area (Å²) in [6.45, 7) is -0.135. The summed E-state index contributed by atoms with van der Waals surface area (Å²) in [5, 5.41) is 22.0. The van der Waals surface area contributed by atoms with E-state index in [1.807, 2.05) is 0 Å². The molecule has 1 aromatic heterocycles. The summed E-state index contributed by atoms with van der Waals surface area (Å²) in [5.74, 6) is -0.486. The van der Waals surface area contributed by atoms with Crippen LogP contribution in [0.25, 0.3) is 10.9 Å². The predicted molar refractivity (Wildman–Crippen MR) is 66.3 cm³/mol. The van der Waals surface area contributed by atoms with Gasteiger partial charge in [-0.05, 0) is 18.2 Å². The number of hydrogen-bond acceptors (Lipinski definition) is 5. The SMILES string of the molecule is N#CCNC(=O)c1ccc([N+](=O)[O-])c2cccnc12. The maximum absolute atomic E-state index is 11.8. The van der Waals surface area contributed by atoms with E-state index in [9.17, 15) is 14.9 Å². The van der Waals surface area contributed by atoms with E-state index in [1.54, 1.807) is 12.1 Å². The first-order valence-corrected chi connectivity index (χ1v) is 5.32. The molecule has 0 radical (unpaired) electrons. The van der Waals surface area contributed by atoms with Crippen molar-refractivity contribution in [2.45, 2.75) is 0 Å². The third-order valence-corrected chi connectivity index (χ3v) is 2.52. The molecular weight excluding hydrogens is 248 g/mol. The Morgan fingerprint density at radius 1 is 1.47 bits per heavy atom. The number of carbonyl (C=O) groups excluding carboxylic acids is 1. The van der Waals surface area contributed by atoms with Crippen LogP contribution in [-0.2, 0) is 0 Å². The lowest BCUT2D eigenvalue weighted by Gasteiger charge is -2.05. The summed E-state index contributed by atoms with van der Waals surface area (Å²) < 4.78 is 0. The summed E-state index contributed by atoms with van der Waals surface area (Å²) in [5.41, 5.74) is 0.337. The van der Waals surface area contributed by atoms with Crippen molar-refractivity contribution in [1.29, 1.82) is 5.26 Å². The van der Waals surface area contributed by atoms with Crippen molar-refractivity contribution >= 4 is 22.5 Å². The fourth-order valence-corrected chi connectivity index (χ4v) is 1.72. The van der Waals surface area contributed by atoms with Gasteiger partial charge in [0.15, 0.2) is 0 Å². The van der Waals surface area contributed by atoms with Crippen LogP contribution in [0.4, 0.5) is 5.69 Å². The van der Waals surface area contributed by atoms with E-state index in [2.05, 4.69) is 10.3 Å². The maximum Gasteiger partial charge on any atom is 0.278 e. The molecule has 94 valence electrons. The molecule has 0 spiro atoms. The van der Waals surface area contributed by atoms with Crippen molar-refractivity contribution in [2.75, 3.05) is 6.54 Å². The highest BCUT2D eigenvalue weighted by molar-refractivity contribution is 6.07. The zero-order chi connectivity index (χ0) is 13.8. The van der Waals surface area contributed by atoms with Gasteiger partial charge in [-0.25, -0.2) is 0 Å². The molecule has 0 saturated heterocycles. The minimum atomic E-state index is -0.527. The molecule has 0 aliphatic rings. The average molecular weight is 256 g/mol. The van der Waals surface area contributed by atoms with Gasteiger partial charge in [-0.2, -0.15) is 5.26 Å². The molecule has 0 atom stereocenters. The van der Waals surface area contributed by atoms with E-state index >= 15 is 0 Å². The molecule has 1 N–H and O–H groups in total. The summed E-state index contributed by atoms with van der Waals surface area (Å²) in [7, 11) is 0. The van der Waals surface area contributed by atoms with Crippen LogP contribution in [0.5, 0.6) is 0 Å². The van der Waals surface area contributed by atoms with Gasteiger partial charge in [-0.1, -0.05) is 0 Å². The highest BCUT2D eigenvalue weighted by Crippen LogP contribution is 2.26. The molecule has 0 fully saturated rings. The van der Waals surface area contributed by atoms with Crippen LogP contribution < -0.4 is 5.32 Å². The molecule has 2 rings (SSSR count). The van der Waals surface area contributed by atoms with Crippen LogP contribution in [0.15, 0.2) is 30.5 Å². The van der Waals surface area contributed by atoms with E-state index in [4.69, 9.17) is 5.26 Å². The number of amides is 1. The van der Waals surface area contributed by atoms with Gasteiger partial charge in [0.05, 0.1) is 27.5 Å². The fourth-order valence-electron chi connectivity index (χ4n) is 1.72. The van der Waals surface area contributed by atoms with Gasteiger partial charge in [0.1, 0.15) is 6.54 Å². The lowest BCUT2D eigenvalue weighted by molar-refractivity contribution is -0.383. The quantitative estimate of drug-likeness (QED) is 0.507. The van der Waals surface area contributed by atoms with Crippen molar-refractivity contribution in [3.05, 3.63) is 46.1 Å². The molecule has 1 amide bonds. The van der Waals surface area contributed by atoms with Gasteiger partial charge < -0.3 is 5.32 Å². The zero-order valence-corrected chi connectivity index (χ0v) is 9.66. The highest BCUT2D eigenvalue weighted by Gasteiger charge is 2.18. The molecule has 7 nitrogen and oxygen atoms in total. The number of rotatable bonds is 3. The van der Waals surface area contributed by atoms with Gasteiger partial charge in [0.25, 0.3) is 11.6 Å². The van der Waals surface area contributed by atoms with Crippen molar-refractivity contribution in [3.63, 3.8) is 0 Å². The first-order valence-electron chi connectivity index (χ1n) is 5.32. The van der Waals surface area contributed by atoms with Gasteiger partial charge in [0.2, 0.25) is 0 Å². The van der Waals surface area contributed by atoms with E-state index in [0.29, 0.717) is 0 Å². The molecule has 0 unspecified atom stereocenters. The van der Waals surface area contributed by atoms with Crippen LogP contribution in [0.2, 0.25) is 0 Å². The molecule has 1 aromatic carbocycles. The summed E-state index contributed by atoms with van der Waals surface area (Å²) >= 11 is 0. The largest absolute Gasteiger partial charge is 0.339 e. The first-order chi connectivity index (χ1) is 9.15. The second-order valence-electron chi connectivity index (χ2n) is 3.63. The molecule has 0 aliphatic heterocycles. The van der Waals surface area contributed by atoms with Gasteiger partial charge in [0, 0.05) is 12.3 Å². The average Bonchev–Trinajstić information content (AvgIpc) is 2.43. The Morgan fingerprint density at radius 2 is 2.26 bits per heavy atom. The Bertz CT molecular complexity index is 706. The Balaban J connectivity index is 2.59. The Kier molecular flexibility index (Phi) is 3.34. The lowest BCUT2D eigenvalue weighted by Crippen LogP contribution is -2.23. The topological polar surface area (TPSA) is 109 Å².